The van der Waals surface area contributed by atoms with Crippen molar-refractivity contribution in [3.63, 3.8) is 0 Å². The minimum atomic E-state index is 0.371. The third-order valence-corrected chi connectivity index (χ3v) is 2.83. The van der Waals surface area contributed by atoms with Gasteiger partial charge in [-0.3, -0.25) is 0 Å². The van der Waals surface area contributed by atoms with Crippen LogP contribution in [0.4, 0.5) is 0 Å². The fraction of sp³-hybridized carbons (Fsp3) is 0.857. The number of nitrogens with one attached hydrogen (secondary N) is 1. The van der Waals surface area contributed by atoms with Crippen LogP contribution < -0.4 is 5.32 Å². The second-order valence-corrected chi connectivity index (χ2v) is 3.74. The van der Waals surface area contributed by atoms with Crippen LogP contribution >= 0.6 is 11.8 Å². The van der Waals surface area contributed by atoms with Gasteiger partial charge in [-0.25, -0.2) is 0 Å². The van der Waals surface area contributed by atoms with Gasteiger partial charge in [0, 0.05) is 23.6 Å². The van der Waals surface area contributed by atoms with Gasteiger partial charge < -0.3 is 5.32 Å². The van der Waals surface area contributed by atoms with Crippen LogP contribution in [-0.2, 0) is 0 Å². The van der Waals surface area contributed by atoms with Gasteiger partial charge in [-0.2, -0.15) is 17.0 Å². The Morgan fingerprint density at radius 1 is 1.80 bits per heavy atom. The fourth-order valence-electron chi connectivity index (χ4n) is 0.930. The number of rotatable bonds is 3. The van der Waals surface area contributed by atoms with Crippen LogP contribution in [0, 0.1) is 11.3 Å². The first-order valence-corrected chi connectivity index (χ1v) is 4.69. The van der Waals surface area contributed by atoms with Crippen molar-refractivity contribution < 1.29 is 0 Å². The van der Waals surface area contributed by atoms with E-state index in [0.717, 1.165) is 0 Å². The van der Waals surface area contributed by atoms with E-state index in [1.165, 1.54) is 11.5 Å². The van der Waals surface area contributed by atoms with Crippen LogP contribution in [0.1, 0.15) is 13.3 Å². The molecule has 1 atom stereocenters. The molecule has 0 amide bonds. The number of hydrogen-bond donors (Lipinski definition) is 1. The summed E-state index contributed by atoms with van der Waals surface area (Å²) in [5, 5.41) is 11.7. The molecule has 0 bridgehead atoms. The van der Waals surface area contributed by atoms with Crippen molar-refractivity contribution in [2.45, 2.75) is 25.4 Å². The lowest BCUT2D eigenvalue weighted by atomic mass is 10.2. The van der Waals surface area contributed by atoms with Gasteiger partial charge in [0.1, 0.15) is 0 Å². The molecule has 2 nitrogen and oxygen atoms in total. The Bertz CT molecular complexity index is 137. The summed E-state index contributed by atoms with van der Waals surface area (Å²) in [6, 6.07) is 3.20. The molecule has 56 valence electrons. The van der Waals surface area contributed by atoms with E-state index in [4.69, 9.17) is 5.26 Å². The average Bonchev–Trinajstić information content (AvgIpc) is 1.80. The highest BCUT2D eigenvalue weighted by molar-refractivity contribution is 8.00. The number of nitriles is 1. The van der Waals surface area contributed by atoms with Crippen molar-refractivity contribution >= 4 is 11.8 Å². The van der Waals surface area contributed by atoms with Crippen LogP contribution in [0.15, 0.2) is 0 Å². The summed E-state index contributed by atoms with van der Waals surface area (Å²) in [5.74, 6) is 2.44. The van der Waals surface area contributed by atoms with E-state index in [2.05, 4.69) is 18.3 Å². The van der Waals surface area contributed by atoms with Crippen molar-refractivity contribution in [3.05, 3.63) is 0 Å². The Morgan fingerprint density at radius 3 is 2.90 bits per heavy atom. The summed E-state index contributed by atoms with van der Waals surface area (Å²) in [5.41, 5.74) is 0. The minimum absolute atomic E-state index is 0.371. The molecular formula is C7H12N2S. The molecule has 3 heteroatoms. The van der Waals surface area contributed by atoms with Gasteiger partial charge in [0.2, 0.25) is 0 Å². The minimum Gasteiger partial charge on any atom is -0.309 e. The second kappa shape index (κ2) is 3.85. The maximum atomic E-state index is 8.35. The highest BCUT2D eigenvalue weighted by Gasteiger charge is 2.18. The molecule has 10 heavy (non-hydrogen) atoms. The lowest BCUT2D eigenvalue weighted by Crippen LogP contribution is -2.44. The van der Waals surface area contributed by atoms with Crippen molar-refractivity contribution in [3.8, 4) is 6.07 Å². The molecule has 0 aliphatic carbocycles. The molecular weight excluding hydrogens is 144 g/mol. The molecule has 1 N–H and O–H groups in total. The number of hydrogen-bond acceptors (Lipinski definition) is 3. The molecule has 1 fully saturated rings. The Labute approximate surface area is 66.0 Å². The Morgan fingerprint density at radius 2 is 2.50 bits per heavy atom. The van der Waals surface area contributed by atoms with Crippen molar-refractivity contribution in [1.82, 2.24) is 5.32 Å². The van der Waals surface area contributed by atoms with Crippen LogP contribution in [-0.4, -0.2) is 23.6 Å². The summed E-state index contributed by atoms with van der Waals surface area (Å²) in [4.78, 5) is 0. The maximum Gasteiger partial charge on any atom is 0.0638 e. The predicted molar refractivity (Wildman–Crippen MR) is 43.9 cm³/mol. The Hall–Kier alpha value is -0.200. The molecule has 1 aliphatic heterocycles. The van der Waals surface area contributed by atoms with Gasteiger partial charge in [-0.15, -0.1) is 0 Å². The largest absolute Gasteiger partial charge is 0.309 e. The molecule has 0 saturated carbocycles. The van der Waals surface area contributed by atoms with E-state index in [9.17, 15) is 0 Å². The maximum absolute atomic E-state index is 8.35. The molecule has 1 heterocycles. The van der Waals surface area contributed by atoms with E-state index in [0.29, 0.717) is 18.5 Å². The highest BCUT2D eigenvalue weighted by Crippen LogP contribution is 2.17. The zero-order valence-electron chi connectivity index (χ0n) is 6.13. The molecule has 1 unspecified atom stereocenters. The van der Waals surface area contributed by atoms with Crippen molar-refractivity contribution in [1.29, 1.82) is 5.26 Å². The number of nitrogens with zero attached hydrogens (tertiary/aromatic N) is 1. The summed E-state index contributed by atoms with van der Waals surface area (Å²) in [6.07, 6.45) is 0.626. The van der Waals surface area contributed by atoms with Crippen LogP contribution in [0.25, 0.3) is 0 Å². The van der Waals surface area contributed by atoms with Gasteiger partial charge in [-0.05, 0) is 6.92 Å². The van der Waals surface area contributed by atoms with Gasteiger partial charge in [0.15, 0.2) is 0 Å². The van der Waals surface area contributed by atoms with Crippen LogP contribution in [0.2, 0.25) is 0 Å². The SMILES string of the molecule is CC(CC#N)NC1CSC1. The van der Waals surface area contributed by atoms with E-state index in [-0.39, 0.29) is 0 Å². The normalized spacial score (nSPS) is 21.2. The quantitative estimate of drug-likeness (QED) is 0.662. The smallest absolute Gasteiger partial charge is 0.0638 e. The summed E-state index contributed by atoms with van der Waals surface area (Å²) in [7, 11) is 0. The molecule has 0 spiro atoms. The van der Waals surface area contributed by atoms with Gasteiger partial charge >= 0.3 is 0 Å². The van der Waals surface area contributed by atoms with E-state index >= 15 is 0 Å². The zero-order chi connectivity index (χ0) is 7.40. The molecule has 0 aromatic rings. The van der Waals surface area contributed by atoms with Crippen molar-refractivity contribution in [2.24, 2.45) is 0 Å². The van der Waals surface area contributed by atoms with Gasteiger partial charge in [-0.1, -0.05) is 0 Å². The molecule has 0 aromatic carbocycles. The lowest BCUT2D eigenvalue weighted by molar-refractivity contribution is 0.493. The summed E-state index contributed by atoms with van der Waals surface area (Å²) < 4.78 is 0. The average molecular weight is 156 g/mol. The topological polar surface area (TPSA) is 35.8 Å². The van der Waals surface area contributed by atoms with Crippen molar-refractivity contribution in [2.75, 3.05) is 11.5 Å². The predicted octanol–water partition coefficient (Wildman–Crippen LogP) is 0.994. The van der Waals surface area contributed by atoms with Crippen LogP contribution in [0.3, 0.4) is 0 Å². The molecule has 0 radical (unpaired) electrons. The Balaban J connectivity index is 2.06. The zero-order valence-corrected chi connectivity index (χ0v) is 6.95. The molecule has 1 aliphatic rings. The van der Waals surface area contributed by atoms with Gasteiger partial charge in [0.05, 0.1) is 12.5 Å². The third-order valence-electron chi connectivity index (χ3n) is 1.56. The van der Waals surface area contributed by atoms with E-state index < -0.39 is 0 Å². The van der Waals surface area contributed by atoms with Gasteiger partial charge in [0.25, 0.3) is 0 Å². The first-order chi connectivity index (χ1) is 4.83. The molecule has 1 saturated heterocycles. The highest BCUT2D eigenvalue weighted by atomic mass is 32.2. The fourth-order valence-corrected chi connectivity index (χ4v) is 1.59. The summed E-state index contributed by atoms with van der Waals surface area (Å²) in [6.45, 7) is 2.06. The molecule has 0 aromatic heterocycles. The first kappa shape index (κ1) is 7.90. The second-order valence-electron chi connectivity index (χ2n) is 2.66. The monoisotopic (exact) mass is 156 g/mol. The number of thioether (sulfide) groups is 1. The lowest BCUT2D eigenvalue weighted by Gasteiger charge is -2.28. The summed E-state index contributed by atoms with van der Waals surface area (Å²) >= 11 is 1.96. The third kappa shape index (κ3) is 2.20. The Kier molecular flexibility index (Phi) is 3.04. The molecule has 1 rings (SSSR count). The first-order valence-electron chi connectivity index (χ1n) is 3.53. The van der Waals surface area contributed by atoms with Crippen LogP contribution in [0.5, 0.6) is 0 Å². The van der Waals surface area contributed by atoms with E-state index in [1.54, 1.807) is 0 Å². The van der Waals surface area contributed by atoms with E-state index in [1.807, 2.05) is 11.8 Å². The standard InChI is InChI=1S/C7H12N2S/c1-6(2-3-8)9-7-4-10-5-7/h6-7,9H,2,4-5H2,1H3.